The summed E-state index contributed by atoms with van der Waals surface area (Å²) in [7, 11) is 3.57. The van der Waals surface area contributed by atoms with Crippen molar-refractivity contribution < 1.29 is 19.0 Å². The largest absolute Gasteiger partial charge is 0.489 e. The molecular formula is C29H34ClN7O4. The second-order valence-corrected chi connectivity index (χ2v) is 9.97. The summed E-state index contributed by atoms with van der Waals surface area (Å²) in [6.07, 6.45) is 4.91. The maximum atomic E-state index is 12.9. The van der Waals surface area contributed by atoms with Crippen molar-refractivity contribution in [3.05, 3.63) is 53.9 Å². The van der Waals surface area contributed by atoms with Crippen LogP contribution in [0.1, 0.15) is 41.6 Å². The minimum atomic E-state index is -0.202. The third kappa shape index (κ3) is 7.61. The van der Waals surface area contributed by atoms with E-state index in [1.807, 2.05) is 6.07 Å². The number of ether oxygens (including phenoxy) is 3. The van der Waals surface area contributed by atoms with Crippen LogP contribution in [-0.4, -0.2) is 78.4 Å². The molecule has 1 amide bonds. The molecule has 0 aliphatic carbocycles. The standard InChI is InChI=1S/C29H33N7O4.ClH/c1-36-11-7-21(8-12-36)33-28(37)23-4-6-26(35-29(23)38-2)34-27-16-24(31-18-32-27)19-3-5-25(20(15-19)17-30)40-22-9-13-39-14-10-22;/h3-6,15-16,18,21-22H,7-14H2,1-2H3,(H,33,37)(H,31,32,34,35);1H. The first-order chi connectivity index (χ1) is 19.5. The second kappa shape index (κ2) is 14.1. The number of carbonyl (C=O) groups excluding carboxylic acids is 1. The van der Waals surface area contributed by atoms with Gasteiger partial charge in [0, 0.05) is 30.5 Å². The number of hydrogen-bond acceptors (Lipinski definition) is 10. The number of benzene rings is 1. The van der Waals surface area contributed by atoms with Crippen molar-refractivity contribution in [1.82, 2.24) is 25.2 Å². The Hall–Kier alpha value is -3.98. The number of aromatic nitrogens is 3. The summed E-state index contributed by atoms with van der Waals surface area (Å²) in [6.45, 7) is 3.24. The second-order valence-electron chi connectivity index (χ2n) is 9.97. The van der Waals surface area contributed by atoms with Crippen molar-refractivity contribution in [2.24, 2.45) is 0 Å². The average Bonchev–Trinajstić information content (AvgIpc) is 2.99. The zero-order valence-electron chi connectivity index (χ0n) is 23.1. The highest BCUT2D eigenvalue weighted by molar-refractivity contribution is 5.96. The molecule has 0 atom stereocenters. The van der Waals surface area contributed by atoms with E-state index >= 15 is 0 Å². The van der Waals surface area contributed by atoms with Crippen LogP contribution in [0.15, 0.2) is 42.7 Å². The van der Waals surface area contributed by atoms with E-state index in [-0.39, 0.29) is 36.3 Å². The zero-order valence-corrected chi connectivity index (χ0v) is 23.9. The normalized spacial score (nSPS) is 16.2. The Kier molecular flexibility index (Phi) is 10.3. The molecule has 2 aliphatic rings. The van der Waals surface area contributed by atoms with Crippen LogP contribution in [0.5, 0.6) is 11.6 Å². The van der Waals surface area contributed by atoms with Gasteiger partial charge >= 0.3 is 0 Å². The van der Waals surface area contributed by atoms with Gasteiger partial charge in [0.2, 0.25) is 5.88 Å². The number of halogens is 1. The van der Waals surface area contributed by atoms with Crippen LogP contribution >= 0.6 is 12.4 Å². The Morgan fingerprint density at radius 3 is 2.59 bits per heavy atom. The molecule has 2 aliphatic heterocycles. The molecule has 1 aromatic carbocycles. The summed E-state index contributed by atoms with van der Waals surface area (Å²) in [4.78, 5) is 28.3. The smallest absolute Gasteiger partial charge is 0.256 e. The van der Waals surface area contributed by atoms with Crippen molar-refractivity contribution >= 4 is 29.9 Å². The number of nitrogens with zero attached hydrogens (tertiary/aromatic N) is 5. The number of piperidine rings is 1. The first-order valence-corrected chi connectivity index (χ1v) is 13.4. The number of amides is 1. The molecule has 4 heterocycles. The summed E-state index contributed by atoms with van der Waals surface area (Å²) in [5, 5.41) is 16.0. The minimum absolute atomic E-state index is 0. The van der Waals surface area contributed by atoms with Crippen LogP contribution in [0.2, 0.25) is 0 Å². The summed E-state index contributed by atoms with van der Waals surface area (Å²) >= 11 is 0. The van der Waals surface area contributed by atoms with Crippen LogP contribution in [0, 0.1) is 11.3 Å². The fraction of sp³-hybridized carbons (Fsp3) is 0.414. The topological polar surface area (TPSA) is 135 Å². The minimum Gasteiger partial charge on any atom is -0.489 e. The SMILES string of the molecule is COc1nc(Nc2cc(-c3ccc(OC4CCOCC4)c(C#N)c3)ncn2)ccc1C(=O)NC1CCN(C)CC1.Cl. The third-order valence-corrected chi connectivity index (χ3v) is 7.13. The van der Waals surface area contributed by atoms with E-state index in [4.69, 9.17) is 14.2 Å². The van der Waals surface area contributed by atoms with Gasteiger partial charge in [-0.15, -0.1) is 12.4 Å². The molecule has 0 radical (unpaired) electrons. The predicted octanol–water partition coefficient (Wildman–Crippen LogP) is 3.97. The lowest BCUT2D eigenvalue weighted by Gasteiger charge is -2.29. The van der Waals surface area contributed by atoms with Gasteiger partial charge in [0.25, 0.3) is 5.91 Å². The van der Waals surface area contributed by atoms with Gasteiger partial charge in [0.1, 0.15) is 41.4 Å². The van der Waals surface area contributed by atoms with Crippen molar-refractivity contribution in [1.29, 1.82) is 5.26 Å². The van der Waals surface area contributed by atoms with Crippen LogP contribution in [-0.2, 0) is 4.74 Å². The number of anilines is 2. The van der Waals surface area contributed by atoms with Crippen LogP contribution < -0.4 is 20.1 Å². The molecule has 3 aromatic rings. The average molecular weight is 580 g/mol. The summed E-state index contributed by atoms with van der Waals surface area (Å²) in [5.74, 6) is 1.55. The highest BCUT2D eigenvalue weighted by Gasteiger charge is 2.22. The lowest BCUT2D eigenvalue weighted by molar-refractivity contribution is 0.0254. The highest BCUT2D eigenvalue weighted by Crippen LogP contribution is 2.29. The number of pyridine rings is 1. The first kappa shape index (κ1) is 30.0. The molecular weight excluding hydrogens is 546 g/mol. The summed E-state index contributed by atoms with van der Waals surface area (Å²) < 4.78 is 16.9. The van der Waals surface area contributed by atoms with Crippen LogP contribution in [0.25, 0.3) is 11.3 Å². The van der Waals surface area contributed by atoms with Crippen LogP contribution in [0.4, 0.5) is 11.6 Å². The maximum absolute atomic E-state index is 12.9. The number of carbonyl (C=O) groups is 1. The van der Waals surface area contributed by atoms with Gasteiger partial charge in [-0.3, -0.25) is 4.79 Å². The maximum Gasteiger partial charge on any atom is 0.256 e. The molecule has 0 unspecified atom stereocenters. The van der Waals surface area contributed by atoms with E-state index in [0.717, 1.165) is 44.3 Å². The van der Waals surface area contributed by atoms with Crippen molar-refractivity contribution in [2.45, 2.75) is 37.8 Å². The van der Waals surface area contributed by atoms with Gasteiger partial charge in [-0.25, -0.2) is 9.97 Å². The van der Waals surface area contributed by atoms with Gasteiger partial charge < -0.3 is 29.7 Å². The third-order valence-electron chi connectivity index (χ3n) is 7.13. The Labute approximate surface area is 245 Å². The number of nitrogens with one attached hydrogen (secondary N) is 2. The van der Waals surface area contributed by atoms with Crippen molar-refractivity contribution in [3.8, 4) is 29.0 Å². The van der Waals surface area contributed by atoms with E-state index in [1.54, 1.807) is 30.3 Å². The number of nitriles is 1. The van der Waals surface area contributed by atoms with E-state index < -0.39 is 0 Å². The molecule has 216 valence electrons. The predicted molar refractivity (Wildman–Crippen MR) is 156 cm³/mol. The molecule has 11 nitrogen and oxygen atoms in total. The van der Waals surface area contributed by atoms with Gasteiger partial charge in [0.15, 0.2) is 0 Å². The van der Waals surface area contributed by atoms with Gasteiger partial charge in [-0.2, -0.15) is 10.2 Å². The van der Waals surface area contributed by atoms with Gasteiger partial charge in [-0.1, -0.05) is 0 Å². The van der Waals surface area contributed by atoms with E-state index in [2.05, 4.69) is 43.6 Å². The molecule has 5 rings (SSSR count). The quantitative estimate of drug-likeness (QED) is 0.403. The first-order valence-electron chi connectivity index (χ1n) is 13.4. The van der Waals surface area contributed by atoms with Gasteiger partial charge in [0.05, 0.1) is 31.6 Å². The van der Waals surface area contributed by atoms with Crippen LogP contribution in [0.3, 0.4) is 0 Å². The summed E-state index contributed by atoms with van der Waals surface area (Å²) in [6, 6.07) is 13.0. The zero-order chi connectivity index (χ0) is 27.9. The molecule has 12 heteroatoms. The fourth-order valence-electron chi connectivity index (χ4n) is 4.82. The number of likely N-dealkylation sites (tertiary alicyclic amines) is 1. The molecule has 0 bridgehead atoms. The Morgan fingerprint density at radius 1 is 1.07 bits per heavy atom. The molecule has 0 spiro atoms. The molecule has 41 heavy (non-hydrogen) atoms. The fourth-order valence-corrected chi connectivity index (χ4v) is 4.82. The lowest BCUT2D eigenvalue weighted by Crippen LogP contribution is -2.43. The number of hydrogen-bond donors (Lipinski definition) is 2. The lowest BCUT2D eigenvalue weighted by atomic mass is 10.1. The molecule has 2 fully saturated rings. The van der Waals surface area contributed by atoms with E-state index in [0.29, 0.717) is 47.4 Å². The van der Waals surface area contributed by atoms with E-state index in [9.17, 15) is 10.1 Å². The Morgan fingerprint density at radius 2 is 1.85 bits per heavy atom. The van der Waals surface area contributed by atoms with Gasteiger partial charge in [-0.05, 0) is 63.3 Å². The number of rotatable bonds is 8. The van der Waals surface area contributed by atoms with E-state index in [1.165, 1.54) is 13.4 Å². The molecule has 2 N–H and O–H groups in total. The van der Waals surface area contributed by atoms with Crippen molar-refractivity contribution in [2.75, 3.05) is 45.8 Å². The molecule has 0 saturated carbocycles. The monoisotopic (exact) mass is 579 g/mol. The van der Waals surface area contributed by atoms with Crippen molar-refractivity contribution in [3.63, 3.8) is 0 Å². The highest BCUT2D eigenvalue weighted by atomic mass is 35.5. The number of methoxy groups -OCH3 is 1. The molecule has 2 saturated heterocycles. The Balaban J connectivity index is 0.00000387. The molecule has 2 aromatic heterocycles. The Bertz CT molecular complexity index is 1390. The summed E-state index contributed by atoms with van der Waals surface area (Å²) in [5.41, 5.74) is 2.21.